The lowest BCUT2D eigenvalue weighted by Gasteiger charge is -2.23. The fourth-order valence-corrected chi connectivity index (χ4v) is 4.82. The second-order valence-corrected chi connectivity index (χ2v) is 9.63. The molecule has 0 aromatic heterocycles. The highest BCUT2D eigenvalue weighted by atomic mass is 32.2. The number of halogens is 1. The fourth-order valence-electron chi connectivity index (χ4n) is 3.44. The number of hydrogen-bond donors (Lipinski definition) is 1. The Bertz CT molecular complexity index is 1210. The molecule has 1 amide bonds. The van der Waals surface area contributed by atoms with Crippen molar-refractivity contribution in [3.05, 3.63) is 94.8 Å². The number of aryl methyl sites for hydroxylation is 3. The van der Waals surface area contributed by atoms with E-state index >= 15 is 0 Å². The summed E-state index contributed by atoms with van der Waals surface area (Å²) in [6.45, 7) is 5.02. The molecule has 0 heterocycles. The molecule has 0 bridgehead atoms. The molecule has 0 atom stereocenters. The Labute approximate surface area is 188 Å². The molecule has 0 spiro atoms. The van der Waals surface area contributed by atoms with Gasteiger partial charge in [0.05, 0.1) is 11.4 Å². The van der Waals surface area contributed by atoms with Crippen LogP contribution in [-0.2, 0) is 27.8 Å². The lowest BCUT2D eigenvalue weighted by Crippen LogP contribution is -2.38. The van der Waals surface area contributed by atoms with Crippen LogP contribution in [0.1, 0.15) is 29.2 Å². The first-order valence-corrected chi connectivity index (χ1v) is 11.8. The molecule has 0 aliphatic heterocycles. The maximum Gasteiger partial charge on any atom is 0.243 e. The number of benzene rings is 3. The largest absolute Gasteiger partial charge is 0.324 e. The molecule has 0 aliphatic rings. The second-order valence-electron chi connectivity index (χ2n) is 7.69. The van der Waals surface area contributed by atoms with Crippen LogP contribution in [0.2, 0.25) is 0 Å². The molecule has 3 rings (SSSR count). The van der Waals surface area contributed by atoms with Crippen LogP contribution in [0.15, 0.2) is 71.6 Å². The molecule has 3 aromatic rings. The maximum absolute atomic E-state index is 14.3. The first-order valence-electron chi connectivity index (χ1n) is 10.4. The number of sulfonamides is 1. The fraction of sp³-hybridized carbons (Fsp3) is 0.240. The van der Waals surface area contributed by atoms with E-state index < -0.39 is 28.3 Å². The van der Waals surface area contributed by atoms with Crippen LogP contribution >= 0.6 is 0 Å². The van der Waals surface area contributed by atoms with Crippen LogP contribution in [0.25, 0.3) is 0 Å². The number of nitrogens with zero attached hydrogens (tertiary/aromatic N) is 1. The summed E-state index contributed by atoms with van der Waals surface area (Å²) >= 11 is 0. The van der Waals surface area contributed by atoms with Crippen LogP contribution in [0.5, 0.6) is 0 Å². The van der Waals surface area contributed by atoms with E-state index in [9.17, 15) is 17.6 Å². The molecular formula is C25H27FN2O3S. The van der Waals surface area contributed by atoms with Gasteiger partial charge in [-0.15, -0.1) is 0 Å². The zero-order chi connectivity index (χ0) is 23.3. The molecule has 0 aliphatic carbocycles. The van der Waals surface area contributed by atoms with Crippen LogP contribution in [0, 0.1) is 19.7 Å². The van der Waals surface area contributed by atoms with Crippen molar-refractivity contribution in [3.63, 3.8) is 0 Å². The molecule has 32 heavy (non-hydrogen) atoms. The highest BCUT2D eigenvalue weighted by Crippen LogP contribution is 2.23. The SMILES string of the molecule is CCc1cccc(C)c1NC(=O)CN(Cc1ccccc1F)S(=O)(=O)c1ccc(C)cc1. The standard InChI is InChI=1S/C25H27FN2O3S/c1-4-20-10-7-8-19(3)25(20)27-24(29)17-28(16-21-9-5-6-11-23(21)26)32(30,31)22-14-12-18(2)13-15-22/h5-15H,4,16-17H2,1-3H3,(H,27,29). The summed E-state index contributed by atoms with van der Waals surface area (Å²) < 4.78 is 42.0. The zero-order valence-electron chi connectivity index (χ0n) is 18.4. The molecule has 0 saturated carbocycles. The van der Waals surface area contributed by atoms with Crippen molar-refractivity contribution >= 4 is 21.6 Å². The normalized spacial score (nSPS) is 11.5. The summed E-state index contributed by atoms with van der Waals surface area (Å²) in [7, 11) is -4.04. The number of para-hydroxylation sites is 1. The maximum atomic E-state index is 14.3. The van der Waals surface area contributed by atoms with Gasteiger partial charge in [0, 0.05) is 17.8 Å². The summed E-state index contributed by atoms with van der Waals surface area (Å²) in [5, 5.41) is 2.85. The van der Waals surface area contributed by atoms with E-state index in [0.29, 0.717) is 5.69 Å². The molecule has 0 saturated heterocycles. The van der Waals surface area contributed by atoms with Crippen molar-refractivity contribution in [1.29, 1.82) is 0 Å². The number of hydrogen-bond acceptors (Lipinski definition) is 3. The minimum absolute atomic E-state index is 0.0531. The van der Waals surface area contributed by atoms with Gasteiger partial charge in [0.1, 0.15) is 5.82 Å². The number of carbonyl (C=O) groups is 1. The van der Waals surface area contributed by atoms with E-state index in [1.165, 1.54) is 30.3 Å². The van der Waals surface area contributed by atoms with Crippen molar-refractivity contribution in [3.8, 4) is 0 Å². The molecule has 0 unspecified atom stereocenters. The van der Waals surface area contributed by atoms with E-state index in [-0.39, 0.29) is 17.0 Å². The van der Waals surface area contributed by atoms with Crippen molar-refractivity contribution < 1.29 is 17.6 Å². The van der Waals surface area contributed by atoms with Crippen LogP contribution in [-0.4, -0.2) is 25.2 Å². The van der Waals surface area contributed by atoms with Gasteiger partial charge in [0.15, 0.2) is 0 Å². The third-order valence-electron chi connectivity index (χ3n) is 5.29. The Morgan fingerprint density at radius 3 is 2.25 bits per heavy atom. The predicted molar refractivity (Wildman–Crippen MR) is 124 cm³/mol. The first kappa shape index (κ1) is 23.6. The molecule has 3 aromatic carbocycles. The van der Waals surface area contributed by atoms with Gasteiger partial charge in [0.25, 0.3) is 0 Å². The Hall–Kier alpha value is -3.03. The third kappa shape index (κ3) is 5.41. The van der Waals surface area contributed by atoms with Crippen LogP contribution < -0.4 is 5.32 Å². The molecule has 7 heteroatoms. The second kappa shape index (κ2) is 10.1. The van der Waals surface area contributed by atoms with E-state index in [0.717, 1.165) is 27.4 Å². The highest BCUT2D eigenvalue weighted by Gasteiger charge is 2.28. The van der Waals surface area contributed by atoms with Gasteiger partial charge in [-0.25, -0.2) is 12.8 Å². The number of carbonyl (C=O) groups excluding carboxylic acids is 1. The number of anilines is 1. The van der Waals surface area contributed by atoms with E-state index in [1.54, 1.807) is 18.2 Å². The van der Waals surface area contributed by atoms with E-state index in [1.807, 2.05) is 39.0 Å². The average molecular weight is 455 g/mol. The monoisotopic (exact) mass is 454 g/mol. The number of rotatable bonds is 8. The van der Waals surface area contributed by atoms with E-state index in [2.05, 4.69) is 5.32 Å². The van der Waals surface area contributed by atoms with Crippen molar-refractivity contribution in [1.82, 2.24) is 4.31 Å². The Morgan fingerprint density at radius 1 is 0.938 bits per heavy atom. The van der Waals surface area contributed by atoms with Gasteiger partial charge >= 0.3 is 0 Å². The van der Waals surface area contributed by atoms with Crippen molar-refractivity contribution in [2.24, 2.45) is 0 Å². The van der Waals surface area contributed by atoms with Crippen LogP contribution in [0.4, 0.5) is 10.1 Å². The van der Waals surface area contributed by atoms with Gasteiger partial charge in [-0.1, -0.05) is 61.0 Å². The summed E-state index contributed by atoms with van der Waals surface area (Å²) in [6, 6.07) is 18.0. The summed E-state index contributed by atoms with van der Waals surface area (Å²) in [5.41, 5.74) is 3.63. The summed E-state index contributed by atoms with van der Waals surface area (Å²) in [4.78, 5) is 13.0. The van der Waals surface area contributed by atoms with Gasteiger partial charge in [-0.3, -0.25) is 4.79 Å². The van der Waals surface area contributed by atoms with Gasteiger partial charge in [-0.2, -0.15) is 4.31 Å². The van der Waals surface area contributed by atoms with Gasteiger partial charge in [-0.05, 0) is 49.6 Å². The summed E-state index contributed by atoms with van der Waals surface area (Å²) in [6.07, 6.45) is 0.720. The lowest BCUT2D eigenvalue weighted by molar-refractivity contribution is -0.116. The topological polar surface area (TPSA) is 66.5 Å². The number of nitrogens with one attached hydrogen (secondary N) is 1. The quantitative estimate of drug-likeness (QED) is 0.530. The zero-order valence-corrected chi connectivity index (χ0v) is 19.2. The predicted octanol–water partition coefficient (Wildman–Crippen LogP) is 4.83. The minimum Gasteiger partial charge on any atom is -0.324 e. The summed E-state index contributed by atoms with van der Waals surface area (Å²) in [5.74, 6) is -1.01. The minimum atomic E-state index is -4.04. The van der Waals surface area contributed by atoms with Crippen LogP contribution in [0.3, 0.4) is 0 Å². The molecule has 168 valence electrons. The Morgan fingerprint density at radius 2 is 1.59 bits per heavy atom. The highest BCUT2D eigenvalue weighted by molar-refractivity contribution is 7.89. The smallest absolute Gasteiger partial charge is 0.243 e. The van der Waals surface area contributed by atoms with Gasteiger partial charge < -0.3 is 5.32 Å². The lowest BCUT2D eigenvalue weighted by atomic mass is 10.1. The Balaban J connectivity index is 1.93. The molecule has 0 radical (unpaired) electrons. The Kier molecular flexibility index (Phi) is 7.43. The first-order chi connectivity index (χ1) is 15.2. The molecule has 0 fully saturated rings. The average Bonchev–Trinajstić information content (AvgIpc) is 2.76. The molecule has 1 N–H and O–H groups in total. The van der Waals surface area contributed by atoms with Crippen molar-refractivity contribution in [2.45, 2.75) is 38.6 Å². The van der Waals surface area contributed by atoms with Gasteiger partial charge in [0.2, 0.25) is 15.9 Å². The van der Waals surface area contributed by atoms with E-state index in [4.69, 9.17) is 0 Å². The third-order valence-corrected chi connectivity index (χ3v) is 7.09. The number of amides is 1. The molecular weight excluding hydrogens is 427 g/mol. The van der Waals surface area contributed by atoms with Crippen molar-refractivity contribution in [2.75, 3.05) is 11.9 Å². The molecule has 5 nitrogen and oxygen atoms in total.